The van der Waals surface area contributed by atoms with Crippen molar-refractivity contribution in [3.8, 4) is 0 Å². The first-order valence-corrected chi connectivity index (χ1v) is 9.12. The monoisotopic (exact) mass is 338 g/mol. The SMILES string of the molecule is CC(C)(C)CC(C)(C(=O)OC1CCC2CC1(C)OC2=O)C(C)(C)C. The molecule has 4 heteroatoms. The summed E-state index contributed by atoms with van der Waals surface area (Å²) in [7, 11) is 0. The molecule has 24 heavy (non-hydrogen) atoms. The lowest BCUT2D eigenvalue weighted by Crippen LogP contribution is -2.50. The number of carbonyl (C=O) groups is 2. The van der Waals surface area contributed by atoms with Gasteiger partial charge in [0.1, 0.15) is 11.7 Å². The van der Waals surface area contributed by atoms with Crippen LogP contribution in [0.1, 0.15) is 81.1 Å². The van der Waals surface area contributed by atoms with Crippen LogP contribution in [0.4, 0.5) is 0 Å². The van der Waals surface area contributed by atoms with Crippen molar-refractivity contribution in [2.24, 2.45) is 22.2 Å². The largest absolute Gasteiger partial charge is 0.458 e. The van der Waals surface area contributed by atoms with E-state index in [1.54, 1.807) is 0 Å². The predicted molar refractivity (Wildman–Crippen MR) is 93.4 cm³/mol. The van der Waals surface area contributed by atoms with E-state index in [1.165, 1.54) is 0 Å². The van der Waals surface area contributed by atoms with Gasteiger partial charge in [-0.2, -0.15) is 0 Å². The second-order valence-electron chi connectivity index (χ2n) is 10.4. The summed E-state index contributed by atoms with van der Waals surface area (Å²) in [5.74, 6) is -0.324. The molecule has 2 bridgehead atoms. The summed E-state index contributed by atoms with van der Waals surface area (Å²) in [6, 6.07) is 0. The van der Waals surface area contributed by atoms with Gasteiger partial charge in [-0.25, -0.2) is 0 Å². The molecule has 0 aromatic carbocycles. The van der Waals surface area contributed by atoms with E-state index < -0.39 is 11.0 Å². The maximum Gasteiger partial charge on any atom is 0.312 e. The first kappa shape index (κ1) is 19.3. The van der Waals surface area contributed by atoms with Gasteiger partial charge in [-0.15, -0.1) is 0 Å². The molecule has 0 spiro atoms. The van der Waals surface area contributed by atoms with E-state index in [2.05, 4.69) is 41.5 Å². The summed E-state index contributed by atoms with van der Waals surface area (Å²) in [6.07, 6.45) is 2.52. The van der Waals surface area contributed by atoms with Crippen molar-refractivity contribution in [3.05, 3.63) is 0 Å². The molecule has 0 aromatic heterocycles. The van der Waals surface area contributed by atoms with Crippen molar-refractivity contribution >= 4 is 11.9 Å². The van der Waals surface area contributed by atoms with Gasteiger partial charge in [0.05, 0.1) is 11.3 Å². The Morgan fingerprint density at radius 2 is 1.75 bits per heavy atom. The first-order chi connectivity index (χ1) is 10.7. The third-order valence-electron chi connectivity index (χ3n) is 6.02. The smallest absolute Gasteiger partial charge is 0.312 e. The van der Waals surface area contributed by atoms with E-state index >= 15 is 0 Å². The minimum Gasteiger partial charge on any atom is -0.458 e. The van der Waals surface area contributed by atoms with Crippen LogP contribution in [0.3, 0.4) is 0 Å². The Morgan fingerprint density at radius 3 is 2.25 bits per heavy atom. The molecule has 2 fully saturated rings. The Balaban J connectivity index is 2.21. The summed E-state index contributed by atoms with van der Waals surface area (Å²) < 4.78 is 11.6. The van der Waals surface area contributed by atoms with E-state index in [9.17, 15) is 9.59 Å². The van der Waals surface area contributed by atoms with Crippen molar-refractivity contribution in [1.29, 1.82) is 0 Å². The van der Waals surface area contributed by atoms with Crippen LogP contribution in [0.25, 0.3) is 0 Å². The third-order valence-corrected chi connectivity index (χ3v) is 6.02. The zero-order valence-corrected chi connectivity index (χ0v) is 16.6. The maximum atomic E-state index is 13.2. The average molecular weight is 338 g/mol. The molecular formula is C20H34O4. The highest BCUT2D eigenvalue weighted by Gasteiger charge is 2.56. The van der Waals surface area contributed by atoms with Crippen LogP contribution in [-0.2, 0) is 19.1 Å². The lowest BCUT2D eigenvalue weighted by Gasteiger charge is -2.45. The molecule has 138 valence electrons. The van der Waals surface area contributed by atoms with Crippen LogP contribution in [0, 0.1) is 22.2 Å². The van der Waals surface area contributed by atoms with Gasteiger partial charge in [-0.3, -0.25) is 9.59 Å². The van der Waals surface area contributed by atoms with Gasteiger partial charge < -0.3 is 9.47 Å². The van der Waals surface area contributed by atoms with Crippen molar-refractivity contribution in [2.75, 3.05) is 0 Å². The van der Waals surface area contributed by atoms with Crippen LogP contribution in [-0.4, -0.2) is 23.6 Å². The zero-order chi connectivity index (χ0) is 18.6. The Labute approximate surface area is 146 Å². The van der Waals surface area contributed by atoms with Crippen molar-refractivity contribution in [2.45, 2.75) is 92.8 Å². The van der Waals surface area contributed by atoms with E-state index in [0.717, 1.165) is 12.8 Å². The Morgan fingerprint density at radius 1 is 1.17 bits per heavy atom. The lowest BCUT2D eigenvalue weighted by atomic mass is 9.61. The highest BCUT2D eigenvalue weighted by Crippen LogP contribution is 2.49. The van der Waals surface area contributed by atoms with E-state index in [0.29, 0.717) is 12.8 Å². The fourth-order valence-electron chi connectivity index (χ4n) is 4.15. The summed E-state index contributed by atoms with van der Waals surface area (Å²) in [5, 5.41) is 0. The highest BCUT2D eigenvalue weighted by molar-refractivity contribution is 5.79. The van der Waals surface area contributed by atoms with Gasteiger partial charge in [0, 0.05) is 6.42 Å². The number of fused-ring (bicyclic) bond motifs is 2. The number of rotatable bonds is 3. The quantitative estimate of drug-likeness (QED) is 0.711. The van der Waals surface area contributed by atoms with Gasteiger partial charge in [0.25, 0.3) is 0 Å². The molecule has 1 saturated carbocycles. The van der Waals surface area contributed by atoms with Crippen LogP contribution >= 0.6 is 0 Å². The summed E-state index contributed by atoms with van der Waals surface area (Å²) in [4.78, 5) is 25.1. The molecule has 1 aliphatic heterocycles. The molecule has 0 N–H and O–H groups in total. The zero-order valence-electron chi connectivity index (χ0n) is 16.6. The molecular weight excluding hydrogens is 304 g/mol. The third kappa shape index (κ3) is 3.48. The number of hydrogen-bond donors (Lipinski definition) is 0. The van der Waals surface area contributed by atoms with Gasteiger partial charge in [-0.05, 0) is 43.9 Å². The summed E-state index contributed by atoms with van der Waals surface area (Å²) >= 11 is 0. The molecule has 1 heterocycles. The number of ether oxygens (including phenoxy) is 2. The molecule has 4 atom stereocenters. The molecule has 4 nitrogen and oxygen atoms in total. The van der Waals surface area contributed by atoms with Crippen LogP contribution in [0.2, 0.25) is 0 Å². The normalized spacial score (nSPS) is 32.9. The second kappa shape index (κ2) is 5.74. The summed E-state index contributed by atoms with van der Waals surface area (Å²) in [5.41, 5.74) is -1.46. The topological polar surface area (TPSA) is 52.6 Å². The Bertz CT molecular complexity index is 525. The van der Waals surface area contributed by atoms with Crippen LogP contribution < -0.4 is 0 Å². The Kier molecular flexibility index (Phi) is 4.61. The minimum atomic E-state index is -0.657. The molecule has 2 rings (SSSR count). The maximum absolute atomic E-state index is 13.2. The fourth-order valence-corrected chi connectivity index (χ4v) is 4.15. The molecule has 2 aliphatic rings. The molecule has 1 saturated heterocycles. The van der Waals surface area contributed by atoms with Crippen LogP contribution in [0.15, 0.2) is 0 Å². The standard InChI is InChI=1S/C20H34O4/c1-17(2,3)12-19(7,18(4,5)6)16(22)23-14-10-9-13-11-20(14,8)24-15(13)21/h13-14H,9-12H2,1-8H3. The molecule has 0 radical (unpaired) electrons. The molecule has 4 unspecified atom stereocenters. The Hall–Kier alpha value is -1.06. The van der Waals surface area contributed by atoms with Crippen molar-refractivity contribution < 1.29 is 19.1 Å². The predicted octanol–water partition coefficient (Wildman–Crippen LogP) is 4.50. The summed E-state index contributed by atoms with van der Waals surface area (Å²) in [6.45, 7) is 16.6. The molecule has 0 aromatic rings. The fraction of sp³-hybridized carbons (Fsp3) is 0.900. The van der Waals surface area contributed by atoms with E-state index in [1.807, 2.05) is 13.8 Å². The lowest BCUT2D eigenvalue weighted by molar-refractivity contribution is -0.188. The van der Waals surface area contributed by atoms with Gasteiger partial charge in [-0.1, -0.05) is 41.5 Å². The molecule has 1 aliphatic carbocycles. The second-order valence-corrected chi connectivity index (χ2v) is 10.4. The van der Waals surface area contributed by atoms with Crippen molar-refractivity contribution in [3.63, 3.8) is 0 Å². The van der Waals surface area contributed by atoms with Crippen LogP contribution in [0.5, 0.6) is 0 Å². The number of esters is 2. The van der Waals surface area contributed by atoms with Gasteiger partial charge in [0.2, 0.25) is 0 Å². The molecule has 0 amide bonds. The number of hydrogen-bond acceptors (Lipinski definition) is 4. The minimum absolute atomic E-state index is 0.0163. The van der Waals surface area contributed by atoms with E-state index in [-0.39, 0.29) is 34.8 Å². The van der Waals surface area contributed by atoms with Gasteiger partial charge in [0.15, 0.2) is 0 Å². The first-order valence-electron chi connectivity index (χ1n) is 9.12. The van der Waals surface area contributed by atoms with E-state index in [4.69, 9.17) is 9.47 Å². The van der Waals surface area contributed by atoms with Gasteiger partial charge >= 0.3 is 11.9 Å². The highest BCUT2D eigenvalue weighted by atomic mass is 16.6. The van der Waals surface area contributed by atoms with Crippen molar-refractivity contribution in [1.82, 2.24) is 0 Å². The average Bonchev–Trinajstić information content (AvgIpc) is 2.60. The number of carbonyl (C=O) groups excluding carboxylic acids is 2.